The number of carbonyl (C=O) groups excluding carboxylic acids is 3. The molecule has 2 aromatic rings. The molecule has 0 aliphatic carbocycles. The number of alkyl carbamates (subject to hydrolysis) is 1. The molecule has 2 unspecified atom stereocenters. The summed E-state index contributed by atoms with van der Waals surface area (Å²) in [5.41, 5.74) is 1.79. The smallest absolute Gasteiger partial charge is 0.408 e. The van der Waals surface area contributed by atoms with Gasteiger partial charge in [-0.2, -0.15) is 12.6 Å². The predicted molar refractivity (Wildman–Crippen MR) is 159 cm³/mol. The molecule has 0 radical (unpaired) electrons. The number of ether oxygens (including phenoxy) is 2. The molecule has 8 nitrogen and oxygen atoms in total. The van der Waals surface area contributed by atoms with E-state index >= 15 is 0 Å². The first kappa shape index (κ1) is 32.0. The predicted octanol–water partition coefficient (Wildman–Crippen LogP) is 5.83. The first-order valence-electron chi connectivity index (χ1n) is 13.1. The molecular weight excluding hydrogens is 514 g/mol. The van der Waals surface area contributed by atoms with Crippen molar-refractivity contribution in [3.05, 3.63) is 59.2 Å². The highest BCUT2D eigenvalue weighted by atomic mass is 32.1. The van der Waals surface area contributed by atoms with Crippen LogP contribution in [0, 0.1) is 13.8 Å². The molecule has 3 amide bonds. The van der Waals surface area contributed by atoms with Gasteiger partial charge < -0.3 is 25.0 Å². The zero-order valence-corrected chi connectivity index (χ0v) is 25.4. The van der Waals surface area contributed by atoms with Gasteiger partial charge in [-0.05, 0) is 95.8 Å². The van der Waals surface area contributed by atoms with Crippen LogP contribution in [0.25, 0.3) is 0 Å². The zero-order valence-electron chi connectivity index (χ0n) is 24.5. The fraction of sp³-hybridized carbons (Fsp3) is 0.500. The largest absolute Gasteiger partial charge is 0.497 e. The first-order chi connectivity index (χ1) is 18.1. The summed E-state index contributed by atoms with van der Waals surface area (Å²) in [4.78, 5) is 42.4. The number of amides is 3. The van der Waals surface area contributed by atoms with E-state index in [1.54, 1.807) is 57.0 Å². The highest BCUT2D eigenvalue weighted by Gasteiger charge is 2.43. The Morgan fingerprint density at radius 1 is 0.974 bits per heavy atom. The van der Waals surface area contributed by atoms with Crippen LogP contribution in [-0.2, 0) is 14.3 Å². The molecular formula is C30H43N3O5S. The van der Waals surface area contributed by atoms with E-state index in [2.05, 4.69) is 23.3 Å². The van der Waals surface area contributed by atoms with Gasteiger partial charge in [-0.3, -0.25) is 9.59 Å². The van der Waals surface area contributed by atoms with Crippen molar-refractivity contribution in [2.45, 2.75) is 85.0 Å². The van der Waals surface area contributed by atoms with Crippen molar-refractivity contribution in [1.82, 2.24) is 10.2 Å². The average molecular weight is 558 g/mol. The van der Waals surface area contributed by atoms with Gasteiger partial charge in [-0.1, -0.05) is 25.1 Å². The van der Waals surface area contributed by atoms with Crippen LogP contribution >= 0.6 is 12.6 Å². The highest BCUT2D eigenvalue weighted by molar-refractivity contribution is 7.80. The van der Waals surface area contributed by atoms with E-state index < -0.39 is 35.2 Å². The van der Waals surface area contributed by atoms with Gasteiger partial charge in [-0.15, -0.1) is 0 Å². The van der Waals surface area contributed by atoms with E-state index in [0.29, 0.717) is 23.4 Å². The number of rotatable bonds is 10. The number of aryl methyl sites for hydroxylation is 2. The van der Waals surface area contributed by atoms with Crippen molar-refractivity contribution >= 4 is 36.2 Å². The van der Waals surface area contributed by atoms with Crippen LogP contribution in [0.1, 0.15) is 70.7 Å². The minimum Gasteiger partial charge on any atom is -0.497 e. The molecule has 2 N–H and O–H groups in total. The van der Waals surface area contributed by atoms with E-state index in [1.165, 1.54) is 0 Å². The van der Waals surface area contributed by atoms with E-state index in [1.807, 2.05) is 52.8 Å². The number of methoxy groups -OCH3 is 1. The Morgan fingerprint density at radius 2 is 1.59 bits per heavy atom. The lowest BCUT2D eigenvalue weighted by molar-refractivity contribution is -0.147. The Kier molecular flexibility index (Phi) is 10.9. The summed E-state index contributed by atoms with van der Waals surface area (Å²) in [5.74, 6) is -0.134. The second-order valence-corrected chi connectivity index (χ2v) is 11.6. The van der Waals surface area contributed by atoms with E-state index in [4.69, 9.17) is 9.47 Å². The van der Waals surface area contributed by atoms with E-state index in [9.17, 15) is 14.4 Å². The summed E-state index contributed by atoms with van der Waals surface area (Å²) < 4.78 is 10.6. The molecule has 214 valence electrons. The summed E-state index contributed by atoms with van der Waals surface area (Å²) in [5, 5.41) is 5.62. The number of carbonyl (C=O) groups is 3. The molecule has 0 fully saturated rings. The molecule has 2 aromatic carbocycles. The van der Waals surface area contributed by atoms with Gasteiger partial charge in [-0.25, -0.2) is 4.79 Å². The quantitative estimate of drug-likeness (QED) is 0.319. The van der Waals surface area contributed by atoms with Gasteiger partial charge in [0.15, 0.2) is 0 Å². The summed E-state index contributed by atoms with van der Waals surface area (Å²) in [6.07, 6.45) is -0.170. The van der Waals surface area contributed by atoms with Crippen LogP contribution in [0.2, 0.25) is 0 Å². The van der Waals surface area contributed by atoms with Gasteiger partial charge >= 0.3 is 6.09 Å². The Bertz CT molecular complexity index is 1160. The maximum Gasteiger partial charge on any atom is 0.408 e. The van der Waals surface area contributed by atoms with Gasteiger partial charge in [0, 0.05) is 17.0 Å². The van der Waals surface area contributed by atoms with Crippen LogP contribution in [0.4, 0.5) is 10.5 Å². The van der Waals surface area contributed by atoms with Crippen LogP contribution in [0.3, 0.4) is 0 Å². The maximum atomic E-state index is 14.2. The molecule has 0 aromatic heterocycles. The Morgan fingerprint density at radius 3 is 2.08 bits per heavy atom. The topological polar surface area (TPSA) is 97.0 Å². The number of hydrogen-bond acceptors (Lipinski definition) is 6. The second kappa shape index (κ2) is 13.2. The molecule has 39 heavy (non-hydrogen) atoms. The van der Waals surface area contributed by atoms with Crippen LogP contribution < -0.4 is 15.4 Å². The van der Waals surface area contributed by atoms with Crippen LogP contribution in [0.15, 0.2) is 42.5 Å². The third-order valence-corrected chi connectivity index (χ3v) is 7.00. The fourth-order valence-electron chi connectivity index (χ4n) is 3.99. The molecule has 0 saturated heterocycles. The molecule has 2 rings (SSSR count). The molecule has 0 aliphatic rings. The molecule has 0 bridgehead atoms. The molecule has 0 heterocycles. The Labute approximate surface area is 238 Å². The van der Waals surface area contributed by atoms with Gasteiger partial charge in [0.05, 0.1) is 7.11 Å². The van der Waals surface area contributed by atoms with Crippen molar-refractivity contribution < 1.29 is 23.9 Å². The van der Waals surface area contributed by atoms with Crippen LogP contribution in [-0.4, -0.2) is 52.9 Å². The molecule has 2 atom stereocenters. The fourth-order valence-corrected chi connectivity index (χ4v) is 4.23. The maximum absolute atomic E-state index is 14.2. The summed E-state index contributed by atoms with van der Waals surface area (Å²) in [6.45, 7) is 15.0. The Balaban J connectivity index is 2.60. The molecule has 9 heteroatoms. The average Bonchev–Trinajstić information content (AvgIpc) is 2.86. The second-order valence-electron chi connectivity index (χ2n) is 11.2. The van der Waals surface area contributed by atoms with Crippen molar-refractivity contribution in [2.75, 3.05) is 18.2 Å². The van der Waals surface area contributed by atoms with Crippen molar-refractivity contribution in [1.29, 1.82) is 0 Å². The SMILES string of the molecule is CCC(C)(C)N(C(=O)C(CS)NC(=O)OC(C)(C)C)C(C(=O)Nc1ccc(OC)cc1)c1ccc(C)c(C)c1. The standard InChI is InChI=1S/C30H43N3O5S/c1-10-30(7,8)33(27(35)24(18-39)32-28(36)38-29(4,5)6)25(21-12-11-19(2)20(3)17-21)26(34)31-22-13-15-23(37-9)16-14-22/h11-17,24-25,39H,10,18H2,1-9H3,(H,31,34)(H,32,36). The van der Waals surface area contributed by atoms with Crippen LogP contribution in [0.5, 0.6) is 5.75 Å². The summed E-state index contributed by atoms with van der Waals surface area (Å²) >= 11 is 4.37. The van der Waals surface area contributed by atoms with Crippen molar-refractivity contribution in [2.24, 2.45) is 0 Å². The number of benzene rings is 2. The summed E-state index contributed by atoms with van der Waals surface area (Å²) in [6, 6.07) is 10.7. The van der Waals surface area contributed by atoms with Gasteiger partial charge in [0.25, 0.3) is 5.91 Å². The monoisotopic (exact) mass is 557 g/mol. The van der Waals surface area contributed by atoms with Gasteiger partial charge in [0.1, 0.15) is 23.4 Å². The summed E-state index contributed by atoms with van der Waals surface area (Å²) in [7, 11) is 1.57. The highest BCUT2D eigenvalue weighted by Crippen LogP contribution is 2.34. The first-order valence-corrected chi connectivity index (χ1v) is 13.7. The number of thiol groups is 1. The lowest BCUT2D eigenvalue weighted by Crippen LogP contribution is -2.59. The third kappa shape index (κ3) is 8.65. The normalized spacial score (nSPS) is 13.2. The van der Waals surface area contributed by atoms with E-state index in [-0.39, 0.29) is 11.7 Å². The van der Waals surface area contributed by atoms with Crippen molar-refractivity contribution in [3.63, 3.8) is 0 Å². The van der Waals surface area contributed by atoms with Crippen molar-refractivity contribution in [3.8, 4) is 5.75 Å². The molecule has 0 spiro atoms. The molecule has 0 saturated carbocycles. The third-order valence-electron chi connectivity index (χ3n) is 6.64. The Hall–Kier alpha value is -3.20. The number of nitrogens with one attached hydrogen (secondary N) is 2. The van der Waals surface area contributed by atoms with E-state index in [0.717, 1.165) is 11.1 Å². The lowest BCUT2D eigenvalue weighted by Gasteiger charge is -2.44. The van der Waals surface area contributed by atoms with Gasteiger partial charge in [0.2, 0.25) is 5.91 Å². The number of anilines is 1. The number of nitrogens with zero attached hydrogens (tertiary/aromatic N) is 1. The lowest BCUT2D eigenvalue weighted by atomic mass is 9.91. The zero-order chi connectivity index (χ0) is 29.5. The molecule has 0 aliphatic heterocycles. The minimum absolute atomic E-state index is 0.0219. The number of hydrogen-bond donors (Lipinski definition) is 3. The minimum atomic E-state index is -1.02.